The van der Waals surface area contributed by atoms with Gasteiger partial charge in [-0.1, -0.05) is 11.6 Å². The van der Waals surface area contributed by atoms with Crippen LogP contribution >= 0.6 is 11.6 Å². The predicted octanol–water partition coefficient (Wildman–Crippen LogP) is 2.45. The predicted molar refractivity (Wildman–Crippen MR) is 65.8 cm³/mol. The molecule has 1 aromatic carbocycles. The number of anilines is 1. The lowest BCUT2D eigenvalue weighted by Crippen LogP contribution is -1.97. The molecule has 0 bridgehead atoms. The highest BCUT2D eigenvalue weighted by Gasteiger charge is 2.02. The number of hydrogen-bond acceptors (Lipinski definition) is 3. The smallest absolute Gasteiger partial charge is 0.221 e. The second-order valence-electron chi connectivity index (χ2n) is 3.50. The molecule has 0 aliphatic heterocycles. The Morgan fingerprint density at radius 1 is 1.53 bits per heavy atom. The second kappa shape index (κ2) is 4.55. The van der Waals surface area contributed by atoms with E-state index < -0.39 is 5.82 Å². The van der Waals surface area contributed by atoms with Crippen LogP contribution in [0.2, 0.25) is 5.02 Å². The normalized spacial score (nSPS) is 11.2. The number of nitrogen functional groups attached to an aromatic ring is 1. The molecule has 1 aromatic heterocycles. The molecule has 0 fully saturated rings. The average Bonchev–Trinajstić information content (AvgIpc) is 2.59. The monoisotopic (exact) mass is 252 g/mol. The fourth-order valence-electron chi connectivity index (χ4n) is 1.33. The van der Waals surface area contributed by atoms with E-state index in [1.54, 1.807) is 13.1 Å². The van der Waals surface area contributed by atoms with E-state index >= 15 is 0 Å². The lowest BCUT2D eigenvalue weighted by atomic mass is 10.2. The Hall–Kier alpha value is -1.88. The van der Waals surface area contributed by atoms with Gasteiger partial charge in [-0.2, -0.15) is 5.10 Å². The van der Waals surface area contributed by atoms with E-state index in [0.29, 0.717) is 10.6 Å². The minimum absolute atomic E-state index is 0.251. The van der Waals surface area contributed by atoms with Crippen LogP contribution in [0, 0.1) is 12.7 Å². The number of aromatic nitrogens is 2. The minimum atomic E-state index is -0.395. The van der Waals surface area contributed by atoms with E-state index in [9.17, 15) is 4.39 Å². The highest BCUT2D eigenvalue weighted by atomic mass is 35.5. The summed E-state index contributed by atoms with van der Waals surface area (Å²) in [5, 5.41) is 4.45. The van der Waals surface area contributed by atoms with Crippen LogP contribution in [0.4, 0.5) is 10.3 Å². The summed E-state index contributed by atoms with van der Waals surface area (Å²) in [7, 11) is 0. The van der Waals surface area contributed by atoms with Gasteiger partial charge >= 0.3 is 0 Å². The fraction of sp³-hybridized carbons (Fsp3) is 0.0909. The molecule has 1 heterocycles. The standard InChI is InChI=1S/C11H10ClFN4/c1-7-6-17(11(14)16-7)15-5-8-4-9(12)2-3-10(8)13/h2-6H,1H3,(H2,14,16). The maximum Gasteiger partial charge on any atom is 0.221 e. The largest absolute Gasteiger partial charge is 0.368 e. The maximum atomic E-state index is 13.4. The van der Waals surface area contributed by atoms with Crippen LogP contribution in [-0.4, -0.2) is 15.9 Å². The SMILES string of the molecule is Cc1cn(N=Cc2cc(Cl)ccc2F)c(N)n1. The van der Waals surface area contributed by atoms with E-state index in [4.69, 9.17) is 17.3 Å². The number of aryl methyl sites for hydroxylation is 1. The number of rotatable bonds is 2. The molecule has 0 radical (unpaired) electrons. The topological polar surface area (TPSA) is 56.2 Å². The molecule has 0 amide bonds. The number of imidazole rings is 1. The zero-order valence-corrected chi connectivity index (χ0v) is 9.82. The van der Waals surface area contributed by atoms with Crippen molar-refractivity contribution in [3.63, 3.8) is 0 Å². The third kappa shape index (κ3) is 2.62. The molecule has 0 atom stereocenters. The molecule has 0 unspecified atom stereocenters. The molecule has 0 aliphatic carbocycles. The van der Waals surface area contributed by atoms with Gasteiger partial charge in [0.25, 0.3) is 0 Å². The summed E-state index contributed by atoms with van der Waals surface area (Å²) < 4.78 is 14.7. The lowest BCUT2D eigenvalue weighted by Gasteiger charge is -1.98. The van der Waals surface area contributed by atoms with Gasteiger partial charge in [0.15, 0.2) is 0 Å². The summed E-state index contributed by atoms with van der Waals surface area (Å²) in [6.45, 7) is 1.79. The molecule has 17 heavy (non-hydrogen) atoms. The van der Waals surface area contributed by atoms with Crippen molar-refractivity contribution in [3.05, 3.63) is 46.5 Å². The quantitative estimate of drug-likeness (QED) is 0.835. The summed E-state index contributed by atoms with van der Waals surface area (Å²) in [6.07, 6.45) is 2.99. The molecule has 0 aliphatic rings. The zero-order valence-electron chi connectivity index (χ0n) is 9.06. The van der Waals surface area contributed by atoms with Crippen LogP contribution in [0.3, 0.4) is 0 Å². The molecular formula is C11H10ClFN4. The van der Waals surface area contributed by atoms with E-state index in [1.165, 1.54) is 29.1 Å². The van der Waals surface area contributed by atoms with Crippen molar-refractivity contribution in [1.82, 2.24) is 9.66 Å². The second-order valence-corrected chi connectivity index (χ2v) is 3.93. The lowest BCUT2D eigenvalue weighted by molar-refractivity contribution is 0.625. The Labute approximate surface area is 103 Å². The van der Waals surface area contributed by atoms with Crippen molar-refractivity contribution in [2.45, 2.75) is 6.92 Å². The van der Waals surface area contributed by atoms with Crippen LogP contribution < -0.4 is 5.73 Å². The molecule has 6 heteroatoms. The Kier molecular flexibility index (Phi) is 3.10. The van der Waals surface area contributed by atoms with Crippen molar-refractivity contribution >= 4 is 23.8 Å². The Morgan fingerprint density at radius 2 is 2.29 bits per heavy atom. The number of nitrogens with zero attached hydrogens (tertiary/aromatic N) is 3. The Balaban J connectivity index is 2.31. The van der Waals surface area contributed by atoms with E-state index in [0.717, 1.165) is 5.69 Å². The number of benzene rings is 1. The van der Waals surface area contributed by atoms with Gasteiger partial charge in [0.1, 0.15) is 5.82 Å². The van der Waals surface area contributed by atoms with Crippen LogP contribution in [0.25, 0.3) is 0 Å². The maximum absolute atomic E-state index is 13.4. The van der Waals surface area contributed by atoms with Gasteiger partial charge < -0.3 is 5.73 Å². The van der Waals surface area contributed by atoms with Gasteiger partial charge in [-0.25, -0.2) is 14.1 Å². The van der Waals surface area contributed by atoms with Crippen molar-refractivity contribution in [2.24, 2.45) is 5.10 Å². The van der Waals surface area contributed by atoms with Crippen LogP contribution in [0.15, 0.2) is 29.5 Å². The number of nitrogens with two attached hydrogens (primary N) is 1. The molecule has 4 nitrogen and oxygen atoms in total. The van der Waals surface area contributed by atoms with Gasteiger partial charge in [0.05, 0.1) is 18.1 Å². The average molecular weight is 253 g/mol. The van der Waals surface area contributed by atoms with E-state index in [1.807, 2.05) is 0 Å². The first kappa shape index (κ1) is 11.6. The van der Waals surface area contributed by atoms with Crippen LogP contribution in [0.5, 0.6) is 0 Å². The molecule has 2 rings (SSSR count). The van der Waals surface area contributed by atoms with Crippen molar-refractivity contribution in [2.75, 3.05) is 5.73 Å². The fourth-order valence-corrected chi connectivity index (χ4v) is 1.51. The molecule has 0 spiro atoms. The molecule has 0 saturated heterocycles. The molecular weight excluding hydrogens is 243 g/mol. The highest BCUT2D eigenvalue weighted by Crippen LogP contribution is 2.13. The first-order valence-corrected chi connectivity index (χ1v) is 5.25. The van der Waals surface area contributed by atoms with Gasteiger partial charge in [-0.15, -0.1) is 0 Å². The zero-order chi connectivity index (χ0) is 12.4. The van der Waals surface area contributed by atoms with Crippen LogP contribution in [-0.2, 0) is 0 Å². The van der Waals surface area contributed by atoms with Gasteiger partial charge in [-0.3, -0.25) is 0 Å². The Morgan fingerprint density at radius 3 is 2.94 bits per heavy atom. The molecule has 0 saturated carbocycles. The van der Waals surface area contributed by atoms with Crippen LogP contribution in [0.1, 0.15) is 11.3 Å². The summed E-state index contributed by atoms with van der Waals surface area (Å²) in [5.41, 5.74) is 6.63. The first-order valence-electron chi connectivity index (χ1n) is 4.87. The minimum Gasteiger partial charge on any atom is -0.368 e. The highest BCUT2D eigenvalue weighted by molar-refractivity contribution is 6.30. The van der Waals surface area contributed by atoms with E-state index in [2.05, 4.69) is 10.1 Å². The van der Waals surface area contributed by atoms with Gasteiger partial charge in [0.2, 0.25) is 5.95 Å². The Bertz CT molecular complexity index is 577. The summed E-state index contributed by atoms with van der Waals surface area (Å²) in [6, 6.07) is 4.25. The third-order valence-corrected chi connectivity index (χ3v) is 2.35. The molecule has 2 aromatic rings. The van der Waals surface area contributed by atoms with Gasteiger partial charge in [0, 0.05) is 10.6 Å². The molecule has 88 valence electrons. The van der Waals surface area contributed by atoms with E-state index in [-0.39, 0.29) is 5.95 Å². The van der Waals surface area contributed by atoms with Crippen molar-refractivity contribution in [1.29, 1.82) is 0 Å². The number of hydrogen-bond donors (Lipinski definition) is 1. The third-order valence-electron chi connectivity index (χ3n) is 2.11. The summed E-state index contributed by atoms with van der Waals surface area (Å²) in [5.74, 6) is -0.144. The summed E-state index contributed by atoms with van der Waals surface area (Å²) in [4.78, 5) is 3.97. The van der Waals surface area contributed by atoms with Gasteiger partial charge in [-0.05, 0) is 25.1 Å². The first-order chi connectivity index (χ1) is 8.06. The summed E-state index contributed by atoms with van der Waals surface area (Å²) >= 11 is 5.76. The molecule has 2 N–H and O–H groups in total. The van der Waals surface area contributed by atoms with Crippen molar-refractivity contribution in [3.8, 4) is 0 Å². The number of halogens is 2. The van der Waals surface area contributed by atoms with Crippen molar-refractivity contribution < 1.29 is 4.39 Å².